The van der Waals surface area contributed by atoms with Gasteiger partial charge in [0.05, 0.1) is 12.0 Å². The van der Waals surface area contributed by atoms with E-state index in [0.717, 1.165) is 25.4 Å². The van der Waals surface area contributed by atoms with Crippen LogP contribution in [-0.4, -0.2) is 15.1 Å². The summed E-state index contributed by atoms with van der Waals surface area (Å²) < 4.78 is 7.14. The Morgan fingerprint density at radius 2 is 1.85 bits per heavy atom. The molecule has 2 aromatic carbocycles. The minimum atomic E-state index is -0.271. The Labute approximate surface area is 169 Å². The second-order valence-electron chi connectivity index (χ2n) is 5.67. The summed E-state index contributed by atoms with van der Waals surface area (Å²) in [6.45, 7) is 0. The van der Waals surface area contributed by atoms with Crippen LogP contribution in [-0.2, 0) is 6.42 Å². The van der Waals surface area contributed by atoms with E-state index >= 15 is 0 Å². The molecule has 4 aromatic rings. The predicted octanol–water partition coefficient (Wildman–Crippen LogP) is 5.35. The molecule has 1 N–H and O–H groups in total. The molecule has 2 aromatic heterocycles. The third-order valence-corrected chi connectivity index (χ3v) is 5.22. The van der Waals surface area contributed by atoms with Gasteiger partial charge in [-0.2, -0.15) is 4.98 Å². The van der Waals surface area contributed by atoms with Crippen molar-refractivity contribution in [1.29, 1.82) is 0 Å². The lowest BCUT2D eigenvalue weighted by Crippen LogP contribution is -2.09. The average molecular weight is 496 g/mol. The lowest BCUT2D eigenvalue weighted by molar-refractivity contribution is 0.385. The third-order valence-electron chi connectivity index (χ3n) is 3.86. The van der Waals surface area contributed by atoms with Crippen LogP contribution in [0.25, 0.3) is 22.3 Å². The predicted molar refractivity (Wildman–Crippen MR) is 108 cm³/mol. The van der Waals surface area contributed by atoms with Gasteiger partial charge in [-0.3, -0.25) is 4.79 Å². The minimum absolute atomic E-state index is 0.245. The van der Waals surface area contributed by atoms with E-state index in [1.807, 2.05) is 30.3 Å². The highest BCUT2D eigenvalue weighted by atomic mass is 79.9. The van der Waals surface area contributed by atoms with Gasteiger partial charge in [0.2, 0.25) is 11.7 Å². The van der Waals surface area contributed by atoms with Crippen molar-refractivity contribution < 1.29 is 4.52 Å². The van der Waals surface area contributed by atoms with E-state index in [4.69, 9.17) is 16.1 Å². The number of pyridine rings is 1. The van der Waals surface area contributed by atoms with Crippen LogP contribution in [0.1, 0.15) is 11.5 Å². The Morgan fingerprint density at radius 1 is 1.08 bits per heavy atom. The van der Waals surface area contributed by atoms with Gasteiger partial charge in [0.25, 0.3) is 5.56 Å². The van der Waals surface area contributed by atoms with Crippen molar-refractivity contribution in [2.75, 3.05) is 0 Å². The Kier molecular flexibility index (Phi) is 4.69. The summed E-state index contributed by atoms with van der Waals surface area (Å²) in [5, 5.41) is 5.44. The maximum atomic E-state index is 12.4. The van der Waals surface area contributed by atoms with Crippen LogP contribution < -0.4 is 5.56 Å². The number of benzene rings is 2. The summed E-state index contributed by atoms with van der Waals surface area (Å²) >= 11 is 13.0. The number of nitrogens with zero attached hydrogens (tertiary/aromatic N) is 2. The lowest BCUT2D eigenvalue weighted by Gasteiger charge is -2.01. The highest BCUT2D eigenvalue weighted by Gasteiger charge is 2.15. The molecule has 0 amide bonds. The maximum Gasteiger partial charge on any atom is 0.259 e. The van der Waals surface area contributed by atoms with Gasteiger partial charge in [0, 0.05) is 24.9 Å². The van der Waals surface area contributed by atoms with Crippen molar-refractivity contribution in [3.8, 4) is 11.4 Å². The van der Waals surface area contributed by atoms with E-state index in [9.17, 15) is 4.79 Å². The monoisotopic (exact) mass is 493 g/mol. The fraction of sp³-hybridized carbons (Fsp3) is 0.0556. The molecule has 130 valence electrons. The zero-order valence-corrected chi connectivity index (χ0v) is 17.0. The molecule has 0 aliphatic carbocycles. The van der Waals surface area contributed by atoms with Crippen LogP contribution >= 0.6 is 43.5 Å². The van der Waals surface area contributed by atoms with Gasteiger partial charge >= 0.3 is 0 Å². The van der Waals surface area contributed by atoms with Gasteiger partial charge in [0.1, 0.15) is 0 Å². The minimum Gasteiger partial charge on any atom is -0.339 e. The number of hydrogen-bond acceptors (Lipinski definition) is 4. The van der Waals surface area contributed by atoms with Gasteiger partial charge in [-0.25, -0.2) is 0 Å². The van der Waals surface area contributed by atoms with Crippen molar-refractivity contribution >= 4 is 54.4 Å². The number of aromatic nitrogens is 3. The summed E-state index contributed by atoms with van der Waals surface area (Å²) in [5.74, 6) is 0.628. The van der Waals surface area contributed by atoms with E-state index in [1.165, 1.54) is 0 Å². The van der Waals surface area contributed by atoms with Gasteiger partial charge in [-0.1, -0.05) is 48.6 Å². The van der Waals surface area contributed by atoms with E-state index in [-0.39, 0.29) is 11.4 Å². The van der Waals surface area contributed by atoms with Gasteiger partial charge < -0.3 is 9.51 Å². The Bertz CT molecular complexity index is 1190. The van der Waals surface area contributed by atoms with Gasteiger partial charge in [-0.15, -0.1) is 0 Å². The second kappa shape index (κ2) is 6.98. The molecule has 0 saturated heterocycles. The highest BCUT2D eigenvalue weighted by molar-refractivity contribution is 9.10. The van der Waals surface area contributed by atoms with Crippen molar-refractivity contribution in [3.05, 3.63) is 78.2 Å². The topological polar surface area (TPSA) is 71.8 Å². The normalized spacial score (nSPS) is 11.2. The molecule has 0 saturated carbocycles. The molecule has 0 atom stereocenters. The second-order valence-corrected chi connectivity index (χ2v) is 7.91. The van der Waals surface area contributed by atoms with Crippen molar-refractivity contribution in [1.82, 2.24) is 15.1 Å². The molecule has 4 rings (SSSR count). The molecule has 0 aliphatic rings. The van der Waals surface area contributed by atoms with Crippen LogP contribution in [0.4, 0.5) is 0 Å². The Morgan fingerprint density at radius 3 is 2.69 bits per heavy atom. The number of halogens is 3. The van der Waals surface area contributed by atoms with Crippen LogP contribution in [0.3, 0.4) is 0 Å². The molecule has 0 spiro atoms. The summed E-state index contributed by atoms with van der Waals surface area (Å²) in [4.78, 5) is 19.6. The zero-order valence-electron chi connectivity index (χ0n) is 13.1. The molecule has 0 radical (unpaired) electrons. The van der Waals surface area contributed by atoms with E-state index in [2.05, 4.69) is 47.0 Å². The number of fused-ring (bicyclic) bond motifs is 1. The van der Waals surface area contributed by atoms with E-state index < -0.39 is 0 Å². The molecule has 0 unspecified atom stereocenters. The van der Waals surface area contributed by atoms with E-state index in [0.29, 0.717) is 22.9 Å². The van der Waals surface area contributed by atoms with Crippen molar-refractivity contribution in [3.63, 3.8) is 0 Å². The molecule has 5 nitrogen and oxygen atoms in total. The molecule has 8 heteroatoms. The molecule has 0 bridgehead atoms. The van der Waals surface area contributed by atoms with Crippen LogP contribution in [0.2, 0.25) is 5.02 Å². The first-order valence-electron chi connectivity index (χ1n) is 7.59. The molecule has 2 heterocycles. The summed E-state index contributed by atoms with van der Waals surface area (Å²) in [6.07, 6.45) is 0.377. The molecule has 0 fully saturated rings. The lowest BCUT2D eigenvalue weighted by atomic mass is 10.1. The third kappa shape index (κ3) is 3.47. The first kappa shape index (κ1) is 17.5. The quantitative estimate of drug-likeness (QED) is 0.416. The summed E-state index contributed by atoms with van der Waals surface area (Å²) in [7, 11) is 0. The molecule has 0 aliphatic heterocycles. The van der Waals surface area contributed by atoms with Crippen LogP contribution in [0.5, 0.6) is 0 Å². The summed E-state index contributed by atoms with van der Waals surface area (Å²) in [5.41, 5.74) is 1.68. The highest BCUT2D eigenvalue weighted by Crippen LogP contribution is 2.25. The van der Waals surface area contributed by atoms with Crippen LogP contribution in [0, 0.1) is 0 Å². The number of nitrogens with one attached hydrogen (secondary N) is 1. The van der Waals surface area contributed by atoms with E-state index in [1.54, 1.807) is 12.1 Å². The number of rotatable bonds is 3. The molecular formula is C18H10Br2ClN3O2. The van der Waals surface area contributed by atoms with Crippen molar-refractivity contribution in [2.45, 2.75) is 6.42 Å². The number of hydrogen-bond donors (Lipinski definition) is 1. The number of H-pyrrole nitrogens is 1. The smallest absolute Gasteiger partial charge is 0.259 e. The first-order chi connectivity index (χ1) is 12.5. The fourth-order valence-corrected chi connectivity index (χ4v) is 3.59. The largest absolute Gasteiger partial charge is 0.339 e. The Balaban J connectivity index is 1.72. The molecule has 26 heavy (non-hydrogen) atoms. The maximum absolute atomic E-state index is 12.4. The van der Waals surface area contributed by atoms with Gasteiger partial charge in [-0.05, 0) is 48.0 Å². The number of aromatic amines is 1. The van der Waals surface area contributed by atoms with Crippen LogP contribution in [0.15, 0.2) is 60.7 Å². The van der Waals surface area contributed by atoms with Crippen molar-refractivity contribution in [2.24, 2.45) is 0 Å². The SMILES string of the molecule is O=c1[nH]c2ccc(Br)cc2cc1-c1noc(Cc2cc(Br)ccc2Cl)n1. The Hall–Kier alpha value is -1.96. The summed E-state index contributed by atoms with van der Waals surface area (Å²) in [6, 6.07) is 12.9. The standard InChI is InChI=1S/C18H10Br2ClN3O2/c19-11-1-3-14(21)9(5-11)8-16-23-17(24-26-16)13-7-10-6-12(20)2-4-15(10)22-18(13)25/h1-7H,8H2,(H,22,25). The van der Waals surface area contributed by atoms with Gasteiger partial charge in [0.15, 0.2) is 0 Å². The zero-order chi connectivity index (χ0) is 18.3. The molecular weight excluding hydrogens is 485 g/mol. The first-order valence-corrected chi connectivity index (χ1v) is 9.55. The fourth-order valence-electron chi connectivity index (χ4n) is 2.62. The average Bonchev–Trinajstić information content (AvgIpc) is 3.06.